The SMILES string of the molecule is CCOC(=O)c1cccc(C(=O)NCC(OC)OC)n1. The number of carbonyl (C=O) groups is 2. The van der Waals surface area contributed by atoms with E-state index in [0.29, 0.717) is 0 Å². The van der Waals surface area contributed by atoms with E-state index < -0.39 is 18.2 Å². The number of amides is 1. The van der Waals surface area contributed by atoms with Crippen LogP contribution in [0.2, 0.25) is 0 Å². The molecule has 110 valence electrons. The van der Waals surface area contributed by atoms with Crippen LogP contribution in [0.15, 0.2) is 18.2 Å². The Morgan fingerprint density at radius 1 is 1.25 bits per heavy atom. The molecule has 1 rings (SSSR count). The average molecular weight is 282 g/mol. The summed E-state index contributed by atoms with van der Waals surface area (Å²) in [6.45, 7) is 2.13. The highest BCUT2D eigenvalue weighted by atomic mass is 16.7. The third-order valence-electron chi connectivity index (χ3n) is 2.42. The number of hydrogen-bond donors (Lipinski definition) is 1. The maximum Gasteiger partial charge on any atom is 0.356 e. The van der Waals surface area contributed by atoms with Crippen LogP contribution in [0.25, 0.3) is 0 Å². The number of nitrogens with zero attached hydrogens (tertiary/aromatic N) is 1. The van der Waals surface area contributed by atoms with Crippen LogP contribution in [-0.2, 0) is 14.2 Å². The summed E-state index contributed by atoms with van der Waals surface area (Å²) >= 11 is 0. The van der Waals surface area contributed by atoms with E-state index in [1.807, 2.05) is 0 Å². The molecule has 0 aliphatic heterocycles. The standard InChI is InChI=1S/C13H18N2O5/c1-4-20-13(17)10-7-5-6-9(15-10)12(16)14-8-11(18-2)19-3/h5-7,11H,4,8H2,1-3H3,(H,14,16). The summed E-state index contributed by atoms with van der Waals surface area (Å²) in [7, 11) is 2.94. The topological polar surface area (TPSA) is 86.8 Å². The largest absolute Gasteiger partial charge is 0.461 e. The van der Waals surface area contributed by atoms with E-state index in [0.717, 1.165) is 0 Å². The van der Waals surface area contributed by atoms with Gasteiger partial charge in [0, 0.05) is 14.2 Å². The van der Waals surface area contributed by atoms with Crippen molar-refractivity contribution in [2.75, 3.05) is 27.4 Å². The van der Waals surface area contributed by atoms with Gasteiger partial charge in [-0.05, 0) is 19.1 Å². The monoisotopic (exact) mass is 282 g/mol. The van der Waals surface area contributed by atoms with Gasteiger partial charge in [-0.15, -0.1) is 0 Å². The molecule has 0 saturated carbocycles. The van der Waals surface area contributed by atoms with Gasteiger partial charge in [0.1, 0.15) is 11.4 Å². The summed E-state index contributed by atoms with van der Waals surface area (Å²) in [6.07, 6.45) is -0.535. The summed E-state index contributed by atoms with van der Waals surface area (Å²) < 4.78 is 14.7. The highest BCUT2D eigenvalue weighted by Gasteiger charge is 2.14. The molecule has 0 aliphatic carbocycles. The summed E-state index contributed by atoms with van der Waals surface area (Å²) in [4.78, 5) is 27.4. The number of rotatable bonds is 7. The van der Waals surface area contributed by atoms with E-state index in [1.165, 1.54) is 26.4 Å². The Morgan fingerprint density at radius 2 is 1.90 bits per heavy atom. The molecule has 0 atom stereocenters. The predicted molar refractivity (Wildman–Crippen MR) is 70.3 cm³/mol. The second kappa shape index (κ2) is 8.23. The molecular formula is C13H18N2O5. The lowest BCUT2D eigenvalue weighted by Crippen LogP contribution is -2.34. The van der Waals surface area contributed by atoms with E-state index in [1.54, 1.807) is 13.0 Å². The fraction of sp³-hybridized carbons (Fsp3) is 0.462. The van der Waals surface area contributed by atoms with Crippen LogP contribution < -0.4 is 5.32 Å². The number of aromatic nitrogens is 1. The lowest BCUT2D eigenvalue weighted by atomic mass is 10.3. The number of esters is 1. The van der Waals surface area contributed by atoms with Gasteiger partial charge in [0.05, 0.1) is 13.2 Å². The molecule has 7 heteroatoms. The summed E-state index contributed by atoms with van der Waals surface area (Å²) in [5.74, 6) is -0.982. The van der Waals surface area contributed by atoms with Gasteiger partial charge in [0.25, 0.3) is 5.91 Å². The summed E-state index contributed by atoms with van der Waals surface area (Å²) in [5, 5.41) is 2.60. The lowest BCUT2D eigenvalue weighted by molar-refractivity contribution is -0.0974. The third-order valence-corrected chi connectivity index (χ3v) is 2.42. The van der Waals surface area contributed by atoms with Crippen molar-refractivity contribution >= 4 is 11.9 Å². The zero-order valence-corrected chi connectivity index (χ0v) is 11.7. The molecule has 0 unspecified atom stereocenters. The van der Waals surface area contributed by atoms with Gasteiger partial charge in [-0.25, -0.2) is 9.78 Å². The van der Waals surface area contributed by atoms with Gasteiger partial charge >= 0.3 is 5.97 Å². The van der Waals surface area contributed by atoms with Crippen molar-refractivity contribution in [3.8, 4) is 0 Å². The van der Waals surface area contributed by atoms with Crippen LogP contribution in [0.5, 0.6) is 0 Å². The van der Waals surface area contributed by atoms with Gasteiger partial charge in [-0.1, -0.05) is 6.07 Å². The van der Waals surface area contributed by atoms with Crippen molar-refractivity contribution < 1.29 is 23.8 Å². The van der Waals surface area contributed by atoms with E-state index in [4.69, 9.17) is 14.2 Å². The van der Waals surface area contributed by atoms with Crippen molar-refractivity contribution in [1.82, 2.24) is 10.3 Å². The minimum Gasteiger partial charge on any atom is -0.461 e. The average Bonchev–Trinajstić information content (AvgIpc) is 2.48. The van der Waals surface area contributed by atoms with Gasteiger partial charge in [0.15, 0.2) is 6.29 Å². The highest BCUT2D eigenvalue weighted by Crippen LogP contribution is 2.02. The van der Waals surface area contributed by atoms with E-state index in [2.05, 4.69) is 10.3 Å². The number of nitrogens with one attached hydrogen (secondary N) is 1. The quantitative estimate of drug-likeness (QED) is 0.582. The predicted octanol–water partition coefficient (Wildman–Crippen LogP) is 0.607. The number of ether oxygens (including phenoxy) is 3. The molecule has 7 nitrogen and oxygen atoms in total. The number of pyridine rings is 1. The van der Waals surface area contributed by atoms with Crippen molar-refractivity contribution in [3.63, 3.8) is 0 Å². The van der Waals surface area contributed by atoms with Crippen LogP contribution in [-0.4, -0.2) is 50.5 Å². The Kier molecular flexibility index (Phi) is 6.61. The molecule has 1 aromatic heterocycles. The fourth-order valence-corrected chi connectivity index (χ4v) is 1.41. The molecule has 0 bridgehead atoms. The summed E-state index contributed by atoms with van der Waals surface area (Å²) in [5.41, 5.74) is 0.219. The summed E-state index contributed by atoms with van der Waals surface area (Å²) in [6, 6.07) is 4.56. The van der Waals surface area contributed by atoms with Crippen molar-refractivity contribution in [2.45, 2.75) is 13.2 Å². The van der Waals surface area contributed by atoms with Gasteiger partial charge < -0.3 is 19.5 Å². The van der Waals surface area contributed by atoms with Crippen molar-refractivity contribution in [3.05, 3.63) is 29.6 Å². The number of carbonyl (C=O) groups excluding carboxylic acids is 2. The maximum atomic E-state index is 11.9. The van der Waals surface area contributed by atoms with E-state index in [-0.39, 0.29) is 24.5 Å². The van der Waals surface area contributed by atoms with Crippen LogP contribution in [0.1, 0.15) is 27.9 Å². The molecule has 1 aromatic rings. The first-order valence-electron chi connectivity index (χ1n) is 6.10. The zero-order valence-electron chi connectivity index (χ0n) is 11.7. The molecule has 1 amide bonds. The van der Waals surface area contributed by atoms with Crippen LogP contribution in [0, 0.1) is 0 Å². The lowest BCUT2D eigenvalue weighted by Gasteiger charge is -2.13. The first kappa shape index (κ1) is 16.1. The molecular weight excluding hydrogens is 264 g/mol. The maximum absolute atomic E-state index is 11.9. The Bertz CT molecular complexity index is 460. The van der Waals surface area contributed by atoms with Crippen LogP contribution in [0.4, 0.5) is 0 Å². The Hall–Kier alpha value is -1.99. The highest BCUT2D eigenvalue weighted by molar-refractivity contribution is 5.94. The first-order chi connectivity index (χ1) is 9.62. The molecule has 1 heterocycles. The van der Waals surface area contributed by atoms with Gasteiger partial charge in [-0.2, -0.15) is 0 Å². The zero-order chi connectivity index (χ0) is 15.0. The normalized spacial score (nSPS) is 10.4. The molecule has 0 fully saturated rings. The molecule has 1 N–H and O–H groups in total. The van der Waals surface area contributed by atoms with Crippen LogP contribution >= 0.6 is 0 Å². The van der Waals surface area contributed by atoms with Crippen LogP contribution in [0.3, 0.4) is 0 Å². The van der Waals surface area contributed by atoms with E-state index in [9.17, 15) is 9.59 Å². The molecule has 0 spiro atoms. The van der Waals surface area contributed by atoms with Gasteiger partial charge in [0.2, 0.25) is 0 Å². The van der Waals surface area contributed by atoms with Crippen molar-refractivity contribution in [2.24, 2.45) is 0 Å². The Labute approximate surface area is 117 Å². The Morgan fingerprint density at radius 3 is 2.50 bits per heavy atom. The second-order valence-corrected chi connectivity index (χ2v) is 3.74. The second-order valence-electron chi connectivity index (χ2n) is 3.74. The minimum absolute atomic E-state index is 0.0922. The molecule has 0 saturated heterocycles. The molecule has 0 radical (unpaired) electrons. The molecule has 20 heavy (non-hydrogen) atoms. The third kappa shape index (κ3) is 4.60. The van der Waals surface area contributed by atoms with E-state index >= 15 is 0 Å². The minimum atomic E-state index is -0.561. The van der Waals surface area contributed by atoms with Crippen molar-refractivity contribution in [1.29, 1.82) is 0 Å². The fourth-order valence-electron chi connectivity index (χ4n) is 1.41. The molecule has 0 aromatic carbocycles. The number of methoxy groups -OCH3 is 2. The number of hydrogen-bond acceptors (Lipinski definition) is 6. The smallest absolute Gasteiger partial charge is 0.356 e. The first-order valence-corrected chi connectivity index (χ1v) is 6.10. The van der Waals surface area contributed by atoms with Gasteiger partial charge in [-0.3, -0.25) is 4.79 Å². The molecule has 0 aliphatic rings. The Balaban J connectivity index is 2.69.